The Morgan fingerprint density at radius 2 is 1.83 bits per heavy atom. The van der Waals surface area contributed by atoms with Gasteiger partial charge in [-0.3, -0.25) is 0 Å². The van der Waals surface area contributed by atoms with Crippen molar-refractivity contribution >= 4 is 33.2 Å². The summed E-state index contributed by atoms with van der Waals surface area (Å²) in [4.78, 5) is 0. The third kappa shape index (κ3) is 3.33. The second-order valence-electron chi connectivity index (χ2n) is 5.46. The van der Waals surface area contributed by atoms with E-state index in [1.54, 1.807) is 6.07 Å². The molecule has 18 heavy (non-hydrogen) atoms. The van der Waals surface area contributed by atoms with Crippen molar-refractivity contribution in [3.05, 3.63) is 21.6 Å². The van der Waals surface area contributed by atoms with Crippen molar-refractivity contribution in [2.75, 3.05) is 5.73 Å². The van der Waals surface area contributed by atoms with Gasteiger partial charge >= 0.3 is 0 Å². The molecule has 2 N–H and O–H groups in total. The summed E-state index contributed by atoms with van der Waals surface area (Å²) >= 11 is 9.41. The van der Waals surface area contributed by atoms with Gasteiger partial charge in [-0.1, -0.05) is 25.4 Å². The maximum Gasteiger partial charge on any atom is 0.156 e. The van der Waals surface area contributed by atoms with Crippen molar-refractivity contribution in [2.24, 2.45) is 11.8 Å². The maximum absolute atomic E-state index is 6.08. The number of anilines is 1. The van der Waals surface area contributed by atoms with Crippen LogP contribution in [0.5, 0.6) is 5.75 Å². The molecule has 1 aliphatic rings. The van der Waals surface area contributed by atoms with Crippen LogP contribution in [0.15, 0.2) is 16.6 Å². The third-order valence-electron chi connectivity index (χ3n) is 3.46. The van der Waals surface area contributed by atoms with Gasteiger partial charge in [0.05, 0.1) is 16.3 Å². The Hall–Kier alpha value is -0.410. The first-order valence-corrected chi connectivity index (χ1v) is 7.54. The van der Waals surface area contributed by atoms with E-state index in [1.165, 1.54) is 6.42 Å². The third-order valence-corrected chi connectivity index (χ3v) is 4.26. The first-order chi connectivity index (χ1) is 8.45. The van der Waals surface area contributed by atoms with Crippen LogP contribution in [0.2, 0.25) is 5.02 Å². The van der Waals surface area contributed by atoms with Crippen LogP contribution in [0.3, 0.4) is 0 Å². The van der Waals surface area contributed by atoms with Gasteiger partial charge in [0.2, 0.25) is 0 Å². The second-order valence-corrected chi connectivity index (χ2v) is 6.75. The summed E-state index contributed by atoms with van der Waals surface area (Å²) in [5.74, 6) is 2.16. The zero-order valence-electron chi connectivity index (χ0n) is 10.7. The van der Waals surface area contributed by atoms with Crippen LogP contribution in [0.25, 0.3) is 0 Å². The fourth-order valence-electron chi connectivity index (χ4n) is 2.84. The van der Waals surface area contributed by atoms with E-state index in [1.807, 2.05) is 6.07 Å². The van der Waals surface area contributed by atoms with E-state index in [0.29, 0.717) is 22.5 Å². The molecule has 0 spiro atoms. The minimum absolute atomic E-state index is 0.253. The SMILES string of the molecule is CC1CC(C)CC(Oc2c(N)cc(Cl)cc2Br)C1. The van der Waals surface area contributed by atoms with Gasteiger partial charge < -0.3 is 10.5 Å². The minimum Gasteiger partial charge on any atom is -0.487 e. The highest BCUT2D eigenvalue weighted by atomic mass is 79.9. The van der Waals surface area contributed by atoms with Crippen LogP contribution in [0, 0.1) is 11.8 Å². The number of halogens is 2. The van der Waals surface area contributed by atoms with Crippen LogP contribution in [-0.4, -0.2) is 6.10 Å². The van der Waals surface area contributed by atoms with Gasteiger partial charge in [0.15, 0.2) is 5.75 Å². The Labute approximate surface area is 122 Å². The molecule has 0 heterocycles. The predicted molar refractivity (Wildman–Crippen MR) is 80.2 cm³/mol. The van der Waals surface area contributed by atoms with E-state index >= 15 is 0 Å². The first kappa shape index (κ1) is 14.0. The zero-order chi connectivity index (χ0) is 13.3. The standard InChI is InChI=1S/C14H19BrClNO/c1-8-3-9(2)5-11(4-8)18-14-12(15)6-10(16)7-13(14)17/h6-9,11H,3-5,17H2,1-2H3. The molecule has 1 aliphatic carbocycles. The van der Waals surface area contributed by atoms with E-state index in [0.717, 1.165) is 23.1 Å². The zero-order valence-corrected chi connectivity index (χ0v) is 13.1. The van der Waals surface area contributed by atoms with Crippen LogP contribution in [-0.2, 0) is 0 Å². The molecule has 0 aromatic heterocycles. The molecule has 0 bridgehead atoms. The first-order valence-electron chi connectivity index (χ1n) is 6.37. The van der Waals surface area contributed by atoms with Gasteiger partial charge in [0.25, 0.3) is 0 Å². The van der Waals surface area contributed by atoms with Gasteiger partial charge in [-0.2, -0.15) is 0 Å². The normalized spacial score (nSPS) is 28.1. The lowest BCUT2D eigenvalue weighted by Crippen LogP contribution is -2.28. The van der Waals surface area contributed by atoms with E-state index < -0.39 is 0 Å². The maximum atomic E-state index is 6.08. The summed E-state index contributed by atoms with van der Waals surface area (Å²) in [6, 6.07) is 3.56. The second kappa shape index (κ2) is 5.70. The summed E-state index contributed by atoms with van der Waals surface area (Å²) in [6.07, 6.45) is 3.73. The van der Waals surface area contributed by atoms with Crippen molar-refractivity contribution in [3.63, 3.8) is 0 Å². The largest absolute Gasteiger partial charge is 0.487 e. The van der Waals surface area contributed by atoms with Crippen LogP contribution < -0.4 is 10.5 Å². The van der Waals surface area contributed by atoms with Gasteiger partial charge in [-0.15, -0.1) is 0 Å². The predicted octanol–water partition coefficient (Wildman–Crippen LogP) is 4.89. The van der Waals surface area contributed by atoms with Crippen molar-refractivity contribution in [3.8, 4) is 5.75 Å². The number of hydrogen-bond donors (Lipinski definition) is 1. The quantitative estimate of drug-likeness (QED) is 0.783. The fraction of sp³-hybridized carbons (Fsp3) is 0.571. The molecule has 0 radical (unpaired) electrons. The summed E-state index contributed by atoms with van der Waals surface area (Å²) in [5.41, 5.74) is 6.57. The smallest absolute Gasteiger partial charge is 0.156 e. The minimum atomic E-state index is 0.253. The summed E-state index contributed by atoms with van der Waals surface area (Å²) in [7, 11) is 0. The van der Waals surface area contributed by atoms with Gasteiger partial charge in [-0.25, -0.2) is 0 Å². The van der Waals surface area contributed by atoms with E-state index in [4.69, 9.17) is 22.1 Å². The number of benzene rings is 1. The molecule has 1 aromatic rings. The number of nitrogen functional groups attached to an aromatic ring is 1. The topological polar surface area (TPSA) is 35.2 Å². The summed E-state index contributed by atoms with van der Waals surface area (Å²) in [6.45, 7) is 4.57. The molecule has 4 heteroatoms. The molecule has 1 saturated carbocycles. The number of rotatable bonds is 2. The van der Waals surface area contributed by atoms with Crippen molar-refractivity contribution < 1.29 is 4.74 Å². The number of nitrogens with two attached hydrogens (primary N) is 1. The molecule has 1 fully saturated rings. The molecule has 0 saturated heterocycles. The summed E-state index contributed by atoms with van der Waals surface area (Å²) in [5, 5.41) is 0.622. The Morgan fingerprint density at radius 3 is 2.39 bits per heavy atom. The highest BCUT2D eigenvalue weighted by Crippen LogP contribution is 2.38. The highest BCUT2D eigenvalue weighted by molar-refractivity contribution is 9.10. The van der Waals surface area contributed by atoms with Crippen LogP contribution in [0.4, 0.5) is 5.69 Å². The van der Waals surface area contributed by atoms with Gasteiger partial charge in [0, 0.05) is 5.02 Å². The Bertz CT molecular complexity index is 405. The molecule has 2 rings (SSSR count). The molecular formula is C14H19BrClNO. The molecule has 0 amide bonds. The molecule has 2 atom stereocenters. The Morgan fingerprint density at radius 1 is 1.22 bits per heavy atom. The van der Waals surface area contributed by atoms with Crippen LogP contribution in [0.1, 0.15) is 33.1 Å². The lowest BCUT2D eigenvalue weighted by atomic mass is 9.82. The highest BCUT2D eigenvalue weighted by Gasteiger charge is 2.26. The Kier molecular flexibility index (Phi) is 4.44. The van der Waals surface area contributed by atoms with E-state index in [9.17, 15) is 0 Å². The molecular weight excluding hydrogens is 314 g/mol. The van der Waals surface area contributed by atoms with Crippen LogP contribution >= 0.6 is 27.5 Å². The fourth-order valence-corrected chi connectivity index (χ4v) is 3.77. The van der Waals surface area contributed by atoms with E-state index in [2.05, 4.69) is 29.8 Å². The lowest BCUT2D eigenvalue weighted by Gasteiger charge is -2.32. The van der Waals surface area contributed by atoms with Crippen molar-refractivity contribution in [2.45, 2.75) is 39.2 Å². The van der Waals surface area contributed by atoms with Gasteiger partial charge in [0.1, 0.15) is 0 Å². The average molecular weight is 333 g/mol. The van der Waals surface area contributed by atoms with Gasteiger partial charge in [-0.05, 0) is 59.2 Å². The lowest BCUT2D eigenvalue weighted by molar-refractivity contribution is 0.101. The van der Waals surface area contributed by atoms with Crippen molar-refractivity contribution in [1.29, 1.82) is 0 Å². The summed E-state index contributed by atoms with van der Waals surface area (Å²) < 4.78 is 6.91. The Balaban J connectivity index is 2.14. The molecule has 2 nitrogen and oxygen atoms in total. The van der Waals surface area contributed by atoms with Crippen molar-refractivity contribution in [1.82, 2.24) is 0 Å². The average Bonchev–Trinajstić information content (AvgIpc) is 2.22. The molecule has 1 aromatic carbocycles. The number of hydrogen-bond acceptors (Lipinski definition) is 2. The van der Waals surface area contributed by atoms with E-state index in [-0.39, 0.29) is 6.10 Å². The monoisotopic (exact) mass is 331 g/mol. The number of ether oxygens (including phenoxy) is 1. The molecule has 0 aliphatic heterocycles. The molecule has 2 unspecified atom stereocenters. The molecule has 100 valence electrons.